The number of nitrogens with one attached hydrogen (secondary N) is 1. The van der Waals surface area contributed by atoms with Crippen molar-refractivity contribution in [2.45, 2.75) is 12.2 Å². The Kier molecular flexibility index (Phi) is 3.87. The van der Waals surface area contributed by atoms with Crippen LogP contribution in [0.1, 0.15) is 0 Å². The molecule has 5 nitrogen and oxygen atoms in total. The van der Waals surface area contributed by atoms with E-state index in [-0.39, 0.29) is 11.5 Å². The van der Waals surface area contributed by atoms with Crippen molar-refractivity contribution in [3.8, 4) is 0 Å². The monoisotopic (exact) mass is 307 g/mol. The van der Waals surface area contributed by atoms with Gasteiger partial charge in [-0.05, 0) is 18.2 Å². The van der Waals surface area contributed by atoms with E-state index in [4.69, 9.17) is 11.6 Å². The second-order valence-corrected chi connectivity index (χ2v) is 4.30. The molecule has 1 aliphatic rings. The highest BCUT2D eigenvalue weighted by Gasteiger charge is 2.45. The van der Waals surface area contributed by atoms with Crippen LogP contribution >= 0.6 is 11.6 Å². The average Bonchev–Trinajstić information content (AvgIpc) is 2.83. The van der Waals surface area contributed by atoms with Crippen LogP contribution in [0.25, 0.3) is 0 Å². The summed E-state index contributed by atoms with van der Waals surface area (Å²) in [7, 11) is 1.08. The summed E-state index contributed by atoms with van der Waals surface area (Å²) >= 11 is 5.66. The lowest BCUT2D eigenvalue weighted by molar-refractivity contribution is -0.142. The topological polar surface area (TPSA) is 54.5 Å². The molecule has 108 valence electrons. The third-order valence-electron chi connectivity index (χ3n) is 2.52. The lowest BCUT2D eigenvalue weighted by Crippen LogP contribution is -2.45. The summed E-state index contributed by atoms with van der Waals surface area (Å²) in [4.78, 5) is 15.4. The van der Waals surface area contributed by atoms with Gasteiger partial charge in [-0.25, -0.2) is 15.2 Å². The zero-order valence-electron chi connectivity index (χ0n) is 10.1. The summed E-state index contributed by atoms with van der Waals surface area (Å²) in [5, 5.41) is 1.24. The van der Waals surface area contributed by atoms with Gasteiger partial charge >= 0.3 is 12.1 Å². The first-order valence-electron chi connectivity index (χ1n) is 5.37. The minimum absolute atomic E-state index is 0.0952. The predicted octanol–water partition coefficient (Wildman–Crippen LogP) is 2.05. The van der Waals surface area contributed by atoms with E-state index in [0.717, 1.165) is 18.2 Å². The van der Waals surface area contributed by atoms with Crippen molar-refractivity contribution in [3.05, 3.63) is 35.1 Å². The van der Waals surface area contributed by atoms with Gasteiger partial charge in [-0.15, -0.1) is 0 Å². The summed E-state index contributed by atoms with van der Waals surface area (Å²) in [5.74, 6) is -0.807. The summed E-state index contributed by atoms with van der Waals surface area (Å²) in [6, 6.07) is 0.834. The average molecular weight is 308 g/mol. The zero-order chi connectivity index (χ0) is 14.9. The van der Waals surface area contributed by atoms with Crippen molar-refractivity contribution >= 4 is 23.4 Å². The molecule has 20 heavy (non-hydrogen) atoms. The molecule has 2 rings (SSSR count). The maximum atomic E-state index is 12.7. The lowest BCUT2D eigenvalue weighted by atomic mass is 10.2. The number of carbonyl (C=O) groups excluding carboxylic acids is 1. The molecule has 9 heteroatoms. The van der Waals surface area contributed by atoms with Gasteiger partial charge in [-0.2, -0.15) is 13.2 Å². The van der Waals surface area contributed by atoms with Crippen LogP contribution in [0.5, 0.6) is 0 Å². The van der Waals surface area contributed by atoms with Crippen molar-refractivity contribution < 1.29 is 22.7 Å². The number of ether oxygens (including phenoxy) is 1. The molecule has 1 aromatic rings. The molecule has 0 radical (unpaired) electrons. The quantitative estimate of drug-likeness (QED) is 0.848. The molecule has 1 N–H and O–H groups in total. The molecule has 0 spiro atoms. The van der Waals surface area contributed by atoms with Gasteiger partial charge in [-0.3, -0.25) is 5.01 Å². The van der Waals surface area contributed by atoms with Crippen molar-refractivity contribution in [1.82, 2.24) is 10.4 Å². The van der Waals surface area contributed by atoms with Gasteiger partial charge in [-0.1, -0.05) is 11.6 Å². The fraction of sp³-hybridized carbons (Fsp3) is 0.273. The van der Waals surface area contributed by atoms with Crippen LogP contribution in [0, 0.1) is 0 Å². The van der Waals surface area contributed by atoms with E-state index in [2.05, 4.69) is 15.1 Å². The molecular weight excluding hydrogens is 299 g/mol. The van der Waals surface area contributed by atoms with Crippen LogP contribution in [0.2, 0.25) is 5.02 Å². The van der Waals surface area contributed by atoms with Crippen LogP contribution in [-0.4, -0.2) is 30.3 Å². The molecule has 0 saturated heterocycles. The smallest absolute Gasteiger partial charge is 0.409 e. The van der Waals surface area contributed by atoms with Crippen molar-refractivity contribution in [1.29, 1.82) is 0 Å². The van der Waals surface area contributed by atoms with E-state index in [1.165, 1.54) is 18.3 Å². The van der Waals surface area contributed by atoms with Crippen LogP contribution in [0.15, 0.2) is 30.1 Å². The van der Waals surface area contributed by atoms with E-state index in [0.29, 0.717) is 5.02 Å². The largest absolute Gasteiger partial charge is 0.464 e. The first-order chi connectivity index (χ1) is 9.32. The van der Waals surface area contributed by atoms with Crippen LogP contribution < -0.4 is 10.4 Å². The summed E-state index contributed by atoms with van der Waals surface area (Å²) in [6.45, 7) is 0. The molecule has 0 amide bonds. The highest BCUT2D eigenvalue weighted by Crippen LogP contribution is 2.30. The molecule has 1 aliphatic heterocycles. The molecule has 0 aromatic carbocycles. The number of nitrogens with zero attached hydrogens (tertiary/aromatic N) is 2. The second kappa shape index (κ2) is 5.29. The van der Waals surface area contributed by atoms with Gasteiger partial charge in [0.25, 0.3) is 0 Å². The maximum Gasteiger partial charge on any atom is 0.409 e. The van der Waals surface area contributed by atoms with Crippen molar-refractivity contribution in [2.75, 3.05) is 12.1 Å². The molecule has 1 unspecified atom stereocenters. The van der Waals surface area contributed by atoms with Crippen molar-refractivity contribution in [2.24, 2.45) is 0 Å². The van der Waals surface area contributed by atoms with E-state index < -0.39 is 18.2 Å². The number of rotatable bonds is 2. The van der Waals surface area contributed by atoms with Gasteiger partial charge in [0.2, 0.25) is 0 Å². The fourth-order valence-corrected chi connectivity index (χ4v) is 1.71. The van der Waals surface area contributed by atoms with Gasteiger partial charge in [0.05, 0.1) is 12.1 Å². The number of aromatic nitrogens is 1. The number of esters is 1. The van der Waals surface area contributed by atoms with Crippen LogP contribution in [-0.2, 0) is 9.53 Å². The highest BCUT2D eigenvalue weighted by atomic mass is 35.5. The molecule has 1 aromatic heterocycles. The molecule has 0 fully saturated rings. The summed E-state index contributed by atoms with van der Waals surface area (Å²) in [5.41, 5.74) is 1.85. The van der Waals surface area contributed by atoms with E-state index in [1.54, 1.807) is 0 Å². The Balaban J connectivity index is 2.35. The second-order valence-electron chi connectivity index (χ2n) is 3.86. The summed E-state index contributed by atoms with van der Waals surface area (Å²) in [6.07, 6.45) is -2.54. The standard InChI is InChI=1S/C11H9ClF3N3O2/c1-20-10(19)7-4-8(11(13,14)15)17-18(7)9-3-2-6(12)5-16-9/h2-5,8,17H,1H3. The maximum absolute atomic E-state index is 12.7. The normalized spacial score (nSPS) is 18.9. The van der Waals surface area contributed by atoms with Crippen LogP contribution in [0.3, 0.4) is 0 Å². The number of halogens is 4. The minimum atomic E-state index is -4.54. The van der Waals surface area contributed by atoms with E-state index in [1.807, 2.05) is 0 Å². The number of pyridine rings is 1. The number of hydrogen-bond donors (Lipinski definition) is 1. The Morgan fingerprint density at radius 2 is 2.20 bits per heavy atom. The first-order valence-corrected chi connectivity index (χ1v) is 5.75. The Morgan fingerprint density at radius 1 is 1.50 bits per heavy atom. The molecule has 1 atom stereocenters. The molecular formula is C11H9ClF3N3O2. The Labute approximate surface area is 117 Å². The van der Waals surface area contributed by atoms with E-state index in [9.17, 15) is 18.0 Å². The Bertz CT molecular complexity index is 545. The van der Waals surface area contributed by atoms with Crippen LogP contribution in [0.4, 0.5) is 19.0 Å². The molecule has 2 heterocycles. The number of carbonyl (C=O) groups is 1. The number of anilines is 1. The van der Waals surface area contributed by atoms with Gasteiger partial charge in [0.1, 0.15) is 17.6 Å². The highest BCUT2D eigenvalue weighted by molar-refractivity contribution is 6.30. The number of hydrogen-bond acceptors (Lipinski definition) is 5. The predicted molar refractivity (Wildman–Crippen MR) is 64.8 cm³/mol. The summed E-state index contributed by atoms with van der Waals surface area (Å²) < 4.78 is 42.6. The zero-order valence-corrected chi connectivity index (χ0v) is 10.9. The minimum Gasteiger partial charge on any atom is -0.464 e. The first kappa shape index (κ1) is 14.6. The third kappa shape index (κ3) is 2.86. The number of methoxy groups -OCH3 is 1. The molecule has 0 aliphatic carbocycles. The fourth-order valence-electron chi connectivity index (χ4n) is 1.60. The van der Waals surface area contributed by atoms with Gasteiger partial charge in [0.15, 0.2) is 0 Å². The molecule has 0 bridgehead atoms. The van der Waals surface area contributed by atoms with Crippen molar-refractivity contribution in [3.63, 3.8) is 0 Å². The number of hydrazine groups is 1. The number of alkyl halides is 3. The lowest BCUT2D eigenvalue weighted by Gasteiger charge is -2.22. The SMILES string of the molecule is COC(=O)C1=CC(C(F)(F)F)NN1c1ccc(Cl)cn1. The van der Waals surface area contributed by atoms with Gasteiger partial charge < -0.3 is 4.74 Å². The Morgan fingerprint density at radius 3 is 2.70 bits per heavy atom. The Hall–Kier alpha value is -1.80. The van der Waals surface area contributed by atoms with Gasteiger partial charge in [0, 0.05) is 6.20 Å². The van der Waals surface area contributed by atoms with E-state index >= 15 is 0 Å². The molecule has 0 saturated carbocycles. The third-order valence-corrected chi connectivity index (χ3v) is 2.75.